The molecule has 0 radical (unpaired) electrons. The average molecular weight is 212 g/mol. The molecule has 0 fully saturated rings. The predicted molar refractivity (Wildman–Crippen MR) is 59.5 cm³/mol. The summed E-state index contributed by atoms with van der Waals surface area (Å²) in [4.78, 5) is 16.5. The summed E-state index contributed by atoms with van der Waals surface area (Å²) >= 11 is 0. The van der Waals surface area contributed by atoms with E-state index in [2.05, 4.69) is 4.85 Å². The first-order chi connectivity index (χ1) is 6.69. The number of likely N-dealkylation sites (N-methyl/N-ethyl adjacent to an activating group) is 1. The van der Waals surface area contributed by atoms with Gasteiger partial charge in [-0.3, -0.25) is 0 Å². The third-order valence-corrected chi connectivity index (χ3v) is 2.19. The van der Waals surface area contributed by atoms with Crippen molar-refractivity contribution < 1.29 is 9.53 Å². The van der Waals surface area contributed by atoms with Gasteiger partial charge in [0, 0.05) is 14.0 Å². The molecule has 0 aliphatic heterocycles. The van der Waals surface area contributed by atoms with Gasteiger partial charge in [-0.2, -0.15) is 0 Å². The van der Waals surface area contributed by atoms with E-state index in [0.717, 1.165) is 0 Å². The minimum atomic E-state index is -0.494. The normalized spacial score (nSPS) is 15.0. The molecule has 4 nitrogen and oxygen atoms in total. The molecule has 0 aromatic rings. The number of carbonyl (C=O) groups excluding carboxylic acids is 1. The maximum atomic E-state index is 11.6. The lowest BCUT2D eigenvalue weighted by Crippen LogP contribution is -2.43. The molecule has 0 aromatic carbocycles. The maximum absolute atomic E-state index is 11.6. The van der Waals surface area contributed by atoms with Gasteiger partial charge in [0.1, 0.15) is 11.6 Å². The summed E-state index contributed by atoms with van der Waals surface area (Å²) < 4.78 is 5.20. The Morgan fingerprint density at radius 2 is 1.87 bits per heavy atom. The summed E-state index contributed by atoms with van der Waals surface area (Å²) in [6.07, 6.45) is -0.384. The van der Waals surface area contributed by atoms with Crippen LogP contribution in [0.4, 0.5) is 4.79 Å². The van der Waals surface area contributed by atoms with Gasteiger partial charge < -0.3 is 14.5 Å². The van der Waals surface area contributed by atoms with Crippen LogP contribution in [-0.4, -0.2) is 35.7 Å². The van der Waals surface area contributed by atoms with E-state index in [1.807, 2.05) is 27.7 Å². The molecule has 0 bridgehead atoms. The summed E-state index contributed by atoms with van der Waals surface area (Å²) in [5.41, 5.74) is -0.494. The van der Waals surface area contributed by atoms with E-state index in [1.165, 1.54) is 4.90 Å². The smallest absolute Gasteiger partial charge is 0.410 e. The Kier molecular flexibility index (Phi) is 4.60. The Bertz CT molecular complexity index is 263. The molecule has 15 heavy (non-hydrogen) atoms. The van der Waals surface area contributed by atoms with Gasteiger partial charge >= 0.3 is 6.09 Å². The second-order valence-electron chi connectivity index (χ2n) is 4.70. The zero-order chi connectivity index (χ0) is 12.2. The van der Waals surface area contributed by atoms with E-state index in [4.69, 9.17) is 11.3 Å². The predicted octanol–water partition coefficient (Wildman–Crippen LogP) is 2.55. The molecule has 0 saturated heterocycles. The first-order valence-electron chi connectivity index (χ1n) is 5.01. The monoisotopic (exact) mass is 212 g/mol. The van der Waals surface area contributed by atoms with Gasteiger partial charge in [0.25, 0.3) is 0 Å². The first kappa shape index (κ1) is 13.8. The van der Waals surface area contributed by atoms with Gasteiger partial charge in [-0.15, -0.1) is 0 Å². The fourth-order valence-electron chi connectivity index (χ4n) is 0.932. The molecule has 0 heterocycles. The van der Waals surface area contributed by atoms with Crippen LogP contribution in [-0.2, 0) is 4.74 Å². The van der Waals surface area contributed by atoms with E-state index in [-0.39, 0.29) is 18.2 Å². The zero-order valence-electron chi connectivity index (χ0n) is 10.4. The van der Waals surface area contributed by atoms with E-state index in [9.17, 15) is 4.79 Å². The highest BCUT2D eigenvalue weighted by atomic mass is 16.6. The second-order valence-corrected chi connectivity index (χ2v) is 4.70. The molecule has 86 valence electrons. The number of nitrogens with zero attached hydrogens (tertiary/aromatic N) is 2. The van der Waals surface area contributed by atoms with E-state index >= 15 is 0 Å². The van der Waals surface area contributed by atoms with Crippen LogP contribution in [0.3, 0.4) is 0 Å². The fourth-order valence-corrected chi connectivity index (χ4v) is 0.932. The number of amides is 1. The van der Waals surface area contributed by atoms with Crippen molar-refractivity contribution in [3.8, 4) is 0 Å². The van der Waals surface area contributed by atoms with Crippen molar-refractivity contribution in [1.29, 1.82) is 0 Å². The lowest BCUT2D eigenvalue weighted by atomic mass is 10.1. The maximum Gasteiger partial charge on any atom is 0.410 e. The highest BCUT2D eigenvalue weighted by Crippen LogP contribution is 2.12. The molecular formula is C11H20N2O2. The summed E-state index contributed by atoms with van der Waals surface area (Å²) in [6, 6.07) is -0.361. The molecule has 2 unspecified atom stereocenters. The van der Waals surface area contributed by atoms with Crippen molar-refractivity contribution >= 4 is 6.09 Å². The molecule has 0 saturated carbocycles. The number of carbonyl (C=O) groups is 1. The first-order valence-corrected chi connectivity index (χ1v) is 5.01. The van der Waals surface area contributed by atoms with Crippen molar-refractivity contribution in [2.45, 2.75) is 52.3 Å². The average Bonchev–Trinajstić information content (AvgIpc) is 2.11. The highest BCUT2D eigenvalue weighted by Gasteiger charge is 2.28. The van der Waals surface area contributed by atoms with Crippen LogP contribution in [0.1, 0.15) is 34.6 Å². The van der Waals surface area contributed by atoms with Crippen LogP contribution in [0.5, 0.6) is 0 Å². The molecule has 0 aromatic heterocycles. The summed E-state index contributed by atoms with van der Waals surface area (Å²) in [5, 5.41) is 0. The zero-order valence-corrected chi connectivity index (χ0v) is 10.4. The van der Waals surface area contributed by atoms with Crippen molar-refractivity contribution in [3.05, 3.63) is 11.4 Å². The molecule has 4 heteroatoms. The van der Waals surface area contributed by atoms with Crippen LogP contribution >= 0.6 is 0 Å². The minimum absolute atomic E-state index is 0.141. The number of ether oxygens (including phenoxy) is 1. The lowest BCUT2D eigenvalue weighted by molar-refractivity contribution is 0.0228. The SMILES string of the molecule is [C-]#[N+]C(C)C(C)N(C)C(=O)OC(C)(C)C. The van der Waals surface area contributed by atoms with Crippen molar-refractivity contribution in [2.24, 2.45) is 0 Å². The molecule has 1 amide bonds. The summed E-state index contributed by atoms with van der Waals surface area (Å²) in [6.45, 7) is 16.0. The van der Waals surface area contributed by atoms with Crippen molar-refractivity contribution in [1.82, 2.24) is 4.90 Å². The van der Waals surface area contributed by atoms with E-state index in [1.54, 1.807) is 14.0 Å². The second kappa shape index (κ2) is 5.01. The molecule has 0 N–H and O–H groups in total. The Balaban J connectivity index is 4.40. The summed E-state index contributed by atoms with van der Waals surface area (Å²) in [7, 11) is 1.65. The van der Waals surface area contributed by atoms with Gasteiger partial charge in [-0.1, -0.05) is 0 Å². The number of hydrogen-bond donors (Lipinski definition) is 0. The van der Waals surface area contributed by atoms with Gasteiger partial charge in [-0.05, 0) is 27.7 Å². The number of hydrogen-bond acceptors (Lipinski definition) is 2. The number of rotatable bonds is 2. The van der Waals surface area contributed by atoms with Crippen LogP contribution in [0.2, 0.25) is 0 Å². The van der Waals surface area contributed by atoms with Crippen LogP contribution in [0.15, 0.2) is 0 Å². The molecule has 0 rings (SSSR count). The Morgan fingerprint density at radius 3 is 2.20 bits per heavy atom. The van der Waals surface area contributed by atoms with Gasteiger partial charge in [-0.25, -0.2) is 11.4 Å². The standard InChI is InChI=1S/C11H20N2O2/c1-8(12-6)9(2)13(7)10(14)15-11(3,4)5/h8-9H,1-5,7H3. The molecule has 2 atom stereocenters. The highest BCUT2D eigenvalue weighted by molar-refractivity contribution is 5.68. The van der Waals surface area contributed by atoms with Gasteiger partial charge in [0.2, 0.25) is 6.04 Å². The fraction of sp³-hybridized carbons (Fsp3) is 0.818. The van der Waals surface area contributed by atoms with Crippen LogP contribution in [0, 0.1) is 6.57 Å². The van der Waals surface area contributed by atoms with E-state index < -0.39 is 5.60 Å². The Labute approximate surface area is 92.0 Å². The topological polar surface area (TPSA) is 33.9 Å². The lowest BCUT2D eigenvalue weighted by Gasteiger charge is -2.28. The Morgan fingerprint density at radius 1 is 1.40 bits per heavy atom. The molecule has 0 aliphatic rings. The third-order valence-electron chi connectivity index (χ3n) is 2.19. The van der Waals surface area contributed by atoms with Crippen LogP contribution in [0.25, 0.3) is 4.85 Å². The van der Waals surface area contributed by atoms with Crippen molar-refractivity contribution in [2.75, 3.05) is 7.05 Å². The van der Waals surface area contributed by atoms with Crippen molar-refractivity contribution in [3.63, 3.8) is 0 Å². The van der Waals surface area contributed by atoms with Gasteiger partial charge in [0.15, 0.2) is 0 Å². The third kappa shape index (κ3) is 4.68. The minimum Gasteiger partial charge on any atom is -0.444 e. The molecule has 0 spiro atoms. The summed E-state index contributed by atoms with van der Waals surface area (Å²) in [5.74, 6) is 0. The molecular weight excluding hydrogens is 192 g/mol. The van der Waals surface area contributed by atoms with Gasteiger partial charge in [0.05, 0.1) is 0 Å². The Hall–Kier alpha value is -1.24. The quantitative estimate of drug-likeness (QED) is 0.659. The molecule has 0 aliphatic carbocycles. The van der Waals surface area contributed by atoms with Crippen LogP contribution < -0.4 is 0 Å². The van der Waals surface area contributed by atoms with E-state index in [0.29, 0.717) is 0 Å². The largest absolute Gasteiger partial charge is 0.444 e.